The van der Waals surface area contributed by atoms with E-state index in [0.717, 1.165) is 54.2 Å². The van der Waals surface area contributed by atoms with E-state index in [1.807, 2.05) is 36.7 Å². The van der Waals surface area contributed by atoms with Crippen molar-refractivity contribution in [1.82, 2.24) is 14.9 Å². The molecule has 1 aromatic carbocycles. The van der Waals surface area contributed by atoms with Crippen LogP contribution in [-0.4, -0.2) is 35.9 Å². The van der Waals surface area contributed by atoms with Gasteiger partial charge in [-0.1, -0.05) is 0 Å². The Kier molecular flexibility index (Phi) is 4.09. The van der Waals surface area contributed by atoms with Crippen molar-refractivity contribution in [2.45, 2.75) is 18.9 Å². The quantitative estimate of drug-likeness (QED) is 0.801. The van der Waals surface area contributed by atoms with Crippen LogP contribution in [0, 0.1) is 0 Å². The third-order valence-corrected chi connectivity index (χ3v) is 4.45. The number of fused-ring (bicyclic) bond motifs is 1. The second kappa shape index (κ2) is 6.53. The van der Waals surface area contributed by atoms with Crippen molar-refractivity contribution in [2.75, 3.05) is 20.2 Å². The zero-order valence-corrected chi connectivity index (χ0v) is 13.7. The minimum absolute atomic E-state index is 0.291. The molecule has 0 bridgehead atoms. The topological polar surface area (TPSA) is 48.3 Å². The first-order valence-corrected chi connectivity index (χ1v) is 8.32. The maximum absolute atomic E-state index is 6.02. The van der Waals surface area contributed by atoms with Crippen molar-refractivity contribution in [3.63, 3.8) is 0 Å². The molecule has 5 heteroatoms. The predicted octanol–water partition coefficient (Wildman–Crippen LogP) is 3.16. The maximum Gasteiger partial charge on any atom is 0.138 e. The average Bonchev–Trinajstić information content (AvgIpc) is 3.06. The Morgan fingerprint density at radius 1 is 1.08 bits per heavy atom. The molecule has 5 nitrogen and oxygen atoms in total. The van der Waals surface area contributed by atoms with Gasteiger partial charge in [-0.3, -0.25) is 0 Å². The van der Waals surface area contributed by atoms with Crippen LogP contribution in [0.2, 0.25) is 0 Å². The number of nitrogens with one attached hydrogen (secondary N) is 1. The van der Waals surface area contributed by atoms with Crippen LogP contribution in [0.3, 0.4) is 0 Å². The first-order valence-electron chi connectivity index (χ1n) is 8.32. The fraction of sp³-hybridized carbons (Fsp3) is 0.316. The van der Waals surface area contributed by atoms with Crippen LogP contribution in [0.25, 0.3) is 16.7 Å². The van der Waals surface area contributed by atoms with E-state index in [9.17, 15) is 0 Å². The zero-order valence-electron chi connectivity index (χ0n) is 13.7. The minimum atomic E-state index is 0.291. The highest BCUT2D eigenvalue weighted by molar-refractivity contribution is 5.83. The second-order valence-corrected chi connectivity index (χ2v) is 6.03. The van der Waals surface area contributed by atoms with Crippen molar-refractivity contribution in [3.05, 3.63) is 48.8 Å². The van der Waals surface area contributed by atoms with Crippen LogP contribution in [0.1, 0.15) is 12.8 Å². The zero-order chi connectivity index (χ0) is 16.4. The first-order chi connectivity index (χ1) is 11.8. The molecule has 0 aliphatic carbocycles. The van der Waals surface area contributed by atoms with Crippen LogP contribution in [0.15, 0.2) is 48.8 Å². The van der Waals surface area contributed by atoms with Crippen LogP contribution >= 0.6 is 0 Å². The molecule has 1 fully saturated rings. The lowest BCUT2D eigenvalue weighted by molar-refractivity contribution is 0.162. The summed E-state index contributed by atoms with van der Waals surface area (Å²) in [5, 5.41) is 4.48. The van der Waals surface area contributed by atoms with E-state index < -0.39 is 0 Å². The summed E-state index contributed by atoms with van der Waals surface area (Å²) in [6, 6.07) is 12.1. The molecule has 4 rings (SSSR count). The number of rotatable bonds is 4. The monoisotopic (exact) mass is 323 g/mol. The number of hydrogen-bond acceptors (Lipinski definition) is 4. The molecule has 0 spiro atoms. The first kappa shape index (κ1) is 15.0. The highest BCUT2D eigenvalue weighted by Crippen LogP contribution is 2.25. The maximum atomic E-state index is 6.02. The Morgan fingerprint density at radius 3 is 2.67 bits per heavy atom. The van der Waals surface area contributed by atoms with Gasteiger partial charge in [-0.15, -0.1) is 0 Å². The largest absolute Gasteiger partial charge is 0.497 e. The van der Waals surface area contributed by atoms with Crippen molar-refractivity contribution < 1.29 is 9.47 Å². The normalized spacial score (nSPS) is 15.5. The molecule has 0 radical (unpaired) electrons. The van der Waals surface area contributed by atoms with Gasteiger partial charge in [-0.25, -0.2) is 4.98 Å². The van der Waals surface area contributed by atoms with Crippen molar-refractivity contribution in [2.24, 2.45) is 0 Å². The Balaban J connectivity index is 1.56. The summed E-state index contributed by atoms with van der Waals surface area (Å²) in [4.78, 5) is 4.57. The molecule has 0 saturated carbocycles. The van der Waals surface area contributed by atoms with Gasteiger partial charge in [0, 0.05) is 11.6 Å². The summed E-state index contributed by atoms with van der Waals surface area (Å²) in [7, 11) is 1.68. The average molecular weight is 323 g/mol. The number of pyridine rings is 1. The minimum Gasteiger partial charge on any atom is -0.497 e. The Hall–Kier alpha value is -2.53. The molecule has 124 valence electrons. The van der Waals surface area contributed by atoms with E-state index in [0.29, 0.717) is 6.10 Å². The SMILES string of the molecule is COc1ccc2c(ccn2-c2ccc(OC3CCNCC3)cn2)c1. The molecule has 0 amide bonds. The fourth-order valence-electron chi connectivity index (χ4n) is 3.14. The van der Waals surface area contributed by atoms with Gasteiger partial charge in [0.2, 0.25) is 0 Å². The number of benzene rings is 1. The van der Waals surface area contributed by atoms with E-state index in [-0.39, 0.29) is 0 Å². The Labute approximate surface area is 141 Å². The molecule has 0 unspecified atom stereocenters. The van der Waals surface area contributed by atoms with E-state index in [1.165, 1.54) is 0 Å². The summed E-state index contributed by atoms with van der Waals surface area (Å²) in [6.45, 7) is 2.05. The number of ether oxygens (including phenoxy) is 2. The lowest BCUT2D eigenvalue weighted by atomic mass is 10.1. The highest BCUT2D eigenvalue weighted by atomic mass is 16.5. The molecule has 2 aromatic heterocycles. The van der Waals surface area contributed by atoms with E-state index >= 15 is 0 Å². The van der Waals surface area contributed by atoms with Gasteiger partial charge in [-0.2, -0.15) is 0 Å². The summed E-state index contributed by atoms with van der Waals surface area (Å²) < 4.78 is 13.4. The number of piperidine rings is 1. The molecular weight excluding hydrogens is 302 g/mol. The van der Waals surface area contributed by atoms with Gasteiger partial charge >= 0.3 is 0 Å². The Bertz CT molecular complexity index is 820. The second-order valence-electron chi connectivity index (χ2n) is 6.03. The summed E-state index contributed by atoms with van der Waals surface area (Å²) >= 11 is 0. The molecular formula is C19H21N3O2. The predicted molar refractivity (Wildman–Crippen MR) is 94.1 cm³/mol. The van der Waals surface area contributed by atoms with Crippen LogP contribution in [0.5, 0.6) is 11.5 Å². The summed E-state index contributed by atoms with van der Waals surface area (Å²) in [5.74, 6) is 2.58. The molecule has 1 aliphatic heterocycles. The van der Waals surface area contributed by atoms with Crippen molar-refractivity contribution >= 4 is 10.9 Å². The fourth-order valence-corrected chi connectivity index (χ4v) is 3.14. The van der Waals surface area contributed by atoms with Crippen molar-refractivity contribution in [1.29, 1.82) is 0 Å². The van der Waals surface area contributed by atoms with E-state index in [2.05, 4.69) is 27.0 Å². The standard InChI is InChI=1S/C19H21N3O2/c1-23-16-2-4-18-14(12-16)8-11-22(18)19-5-3-17(13-21-19)24-15-6-9-20-10-7-15/h2-5,8,11-13,15,20H,6-7,9-10H2,1H3. The summed E-state index contributed by atoms with van der Waals surface area (Å²) in [5.41, 5.74) is 1.11. The molecule has 3 aromatic rings. The van der Waals surface area contributed by atoms with Gasteiger partial charge < -0.3 is 19.4 Å². The van der Waals surface area contributed by atoms with Crippen LogP contribution in [-0.2, 0) is 0 Å². The molecule has 1 aliphatic rings. The van der Waals surface area contributed by atoms with E-state index in [4.69, 9.17) is 9.47 Å². The number of hydrogen-bond donors (Lipinski definition) is 1. The van der Waals surface area contributed by atoms with Crippen LogP contribution < -0.4 is 14.8 Å². The van der Waals surface area contributed by atoms with Gasteiger partial charge in [0.1, 0.15) is 23.4 Å². The summed E-state index contributed by atoms with van der Waals surface area (Å²) in [6.07, 6.45) is 6.23. The lowest BCUT2D eigenvalue weighted by Crippen LogP contribution is -2.34. The Morgan fingerprint density at radius 2 is 1.92 bits per heavy atom. The van der Waals surface area contributed by atoms with E-state index in [1.54, 1.807) is 7.11 Å². The highest BCUT2D eigenvalue weighted by Gasteiger charge is 2.14. The molecule has 1 N–H and O–H groups in total. The van der Waals surface area contributed by atoms with Crippen molar-refractivity contribution in [3.8, 4) is 17.3 Å². The molecule has 1 saturated heterocycles. The van der Waals surface area contributed by atoms with Gasteiger partial charge in [0.15, 0.2) is 0 Å². The lowest BCUT2D eigenvalue weighted by Gasteiger charge is -2.23. The number of nitrogens with zero attached hydrogens (tertiary/aromatic N) is 2. The molecule has 3 heterocycles. The molecule has 24 heavy (non-hydrogen) atoms. The molecule has 0 atom stereocenters. The van der Waals surface area contributed by atoms with Gasteiger partial charge in [0.05, 0.1) is 18.8 Å². The number of aromatic nitrogens is 2. The smallest absolute Gasteiger partial charge is 0.138 e. The number of methoxy groups -OCH3 is 1. The van der Waals surface area contributed by atoms with Gasteiger partial charge in [-0.05, 0) is 62.3 Å². The van der Waals surface area contributed by atoms with Gasteiger partial charge in [0.25, 0.3) is 0 Å². The van der Waals surface area contributed by atoms with Crippen LogP contribution in [0.4, 0.5) is 0 Å². The third-order valence-electron chi connectivity index (χ3n) is 4.45. The third kappa shape index (κ3) is 2.95.